The van der Waals surface area contributed by atoms with Crippen molar-refractivity contribution in [2.24, 2.45) is 0 Å². The van der Waals surface area contributed by atoms with Gasteiger partial charge in [-0.3, -0.25) is 0 Å². The van der Waals surface area contributed by atoms with Gasteiger partial charge in [-0.25, -0.2) is 8.42 Å². The van der Waals surface area contributed by atoms with E-state index in [1.54, 1.807) is 0 Å². The van der Waals surface area contributed by atoms with E-state index in [0.717, 1.165) is 0 Å². The van der Waals surface area contributed by atoms with Crippen molar-refractivity contribution in [1.29, 1.82) is 0 Å². The summed E-state index contributed by atoms with van der Waals surface area (Å²) in [4.78, 5) is 0. The van der Waals surface area contributed by atoms with Gasteiger partial charge in [0.2, 0.25) is 9.84 Å². The van der Waals surface area contributed by atoms with E-state index in [1.807, 2.05) is 0 Å². The largest absolute Gasteiger partial charge is 0.413 e. The normalized spacial score (nSPS) is 15.7. The lowest BCUT2D eigenvalue weighted by molar-refractivity contribution is -0.326. The molecule has 0 bridgehead atoms. The number of aliphatic hydroxyl groups is 1. The standard InChI is InChI=1S/C6H5ClF8O3S/c7-5(12,13)3(8,9)4(10,11)6(14,15)19(17,18)2-1-16/h16H,1-2H2. The van der Waals surface area contributed by atoms with E-state index in [9.17, 15) is 43.5 Å². The molecule has 0 aliphatic rings. The molecular formula is C6H5ClF8O3S. The third-order valence-corrected chi connectivity index (χ3v) is 3.86. The first-order valence-electron chi connectivity index (χ1n) is 4.09. The van der Waals surface area contributed by atoms with E-state index >= 15 is 0 Å². The topological polar surface area (TPSA) is 54.4 Å². The van der Waals surface area contributed by atoms with Crippen molar-refractivity contribution in [2.75, 3.05) is 12.4 Å². The Morgan fingerprint density at radius 1 is 0.895 bits per heavy atom. The molecule has 0 aromatic heterocycles. The Morgan fingerprint density at radius 3 is 1.53 bits per heavy atom. The van der Waals surface area contributed by atoms with Gasteiger partial charge in [-0.05, 0) is 11.6 Å². The number of rotatable bonds is 6. The van der Waals surface area contributed by atoms with Gasteiger partial charge in [0.25, 0.3) is 0 Å². The molecule has 116 valence electrons. The highest BCUT2D eigenvalue weighted by molar-refractivity contribution is 7.92. The van der Waals surface area contributed by atoms with Crippen LogP contribution in [0.5, 0.6) is 0 Å². The van der Waals surface area contributed by atoms with Gasteiger partial charge < -0.3 is 5.11 Å². The van der Waals surface area contributed by atoms with Crippen molar-refractivity contribution in [3.8, 4) is 0 Å². The zero-order valence-corrected chi connectivity index (χ0v) is 10.1. The fourth-order valence-electron chi connectivity index (χ4n) is 0.804. The summed E-state index contributed by atoms with van der Waals surface area (Å²) in [5.41, 5.74) is 0. The maximum atomic E-state index is 12.9. The Morgan fingerprint density at radius 2 is 1.26 bits per heavy atom. The summed E-state index contributed by atoms with van der Waals surface area (Å²) in [6.45, 7) is -1.60. The van der Waals surface area contributed by atoms with Gasteiger partial charge in [0.05, 0.1) is 12.4 Å². The van der Waals surface area contributed by atoms with Gasteiger partial charge in [-0.15, -0.1) is 0 Å². The van der Waals surface area contributed by atoms with E-state index in [1.165, 1.54) is 0 Å². The van der Waals surface area contributed by atoms with Crippen molar-refractivity contribution in [2.45, 2.75) is 22.5 Å². The average Bonchev–Trinajstić information content (AvgIpc) is 2.14. The second-order valence-corrected chi connectivity index (χ2v) is 5.83. The van der Waals surface area contributed by atoms with E-state index in [0.29, 0.717) is 0 Å². The molecule has 3 nitrogen and oxygen atoms in total. The minimum atomic E-state index is -6.99. The highest BCUT2D eigenvalue weighted by Crippen LogP contribution is 2.55. The van der Waals surface area contributed by atoms with Crippen molar-refractivity contribution >= 4 is 21.4 Å². The van der Waals surface area contributed by atoms with Crippen LogP contribution in [0.1, 0.15) is 0 Å². The molecule has 0 aliphatic carbocycles. The third-order valence-electron chi connectivity index (χ3n) is 1.87. The Labute approximate surface area is 106 Å². The first kappa shape index (κ1) is 18.6. The van der Waals surface area contributed by atoms with Crippen molar-refractivity contribution in [1.82, 2.24) is 0 Å². The van der Waals surface area contributed by atoms with Crippen LogP contribution in [0.25, 0.3) is 0 Å². The predicted octanol–water partition coefficient (Wildman–Crippen LogP) is 2.09. The number of halogens is 9. The molecule has 19 heavy (non-hydrogen) atoms. The fraction of sp³-hybridized carbons (Fsp3) is 1.00. The van der Waals surface area contributed by atoms with E-state index in [-0.39, 0.29) is 0 Å². The molecule has 0 amide bonds. The zero-order valence-electron chi connectivity index (χ0n) is 8.49. The SMILES string of the molecule is O=S(=O)(CCO)C(F)(F)C(F)(F)C(F)(F)C(F)(F)Cl. The van der Waals surface area contributed by atoms with E-state index in [4.69, 9.17) is 5.11 Å². The van der Waals surface area contributed by atoms with E-state index < -0.39 is 44.7 Å². The van der Waals surface area contributed by atoms with Gasteiger partial charge in [-0.1, -0.05) is 0 Å². The number of aliphatic hydroxyl groups excluding tert-OH is 1. The van der Waals surface area contributed by atoms with Crippen LogP contribution in [0.2, 0.25) is 0 Å². The van der Waals surface area contributed by atoms with Crippen LogP contribution < -0.4 is 0 Å². The lowest BCUT2D eigenvalue weighted by Gasteiger charge is -2.33. The van der Waals surface area contributed by atoms with Crippen LogP contribution in [-0.2, 0) is 9.84 Å². The third kappa shape index (κ3) is 2.75. The fourth-order valence-corrected chi connectivity index (χ4v) is 1.94. The monoisotopic (exact) mass is 344 g/mol. The molecular weight excluding hydrogens is 340 g/mol. The van der Waals surface area contributed by atoms with Crippen LogP contribution in [0.3, 0.4) is 0 Å². The summed E-state index contributed by atoms with van der Waals surface area (Å²) in [7, 11) is -6.32. The maximum Gasteiger partial charge on any atom is 0.413 e. The quantitative estimate of drug-likeness (QED) is 0.593. The molecule has 0 fully saturated rings. The highest BCUT2D eigenvalue weighted by Gasteiger charge is 2.83. The molecule has 0 aromatic rings. The first-order valence-corrected chi connectivity index (χ1v) is 6.12. The lowest BCUT2D eigenvalue weighted by atomic mass is 10.2. The summed E-state index contributed by atoms with van der Waals surface area (Å²) in [5.74, 6) is -15.9. The molecule has 0 atom stereocenters. The second kappa shape index (κ2) is 4.88. The van der Waals surface area contributed by atoms with Gasteiger partial charge in [0, 0.05) is 0 Å². The molecule has 0 saturated carbocycles. The molecule has 0 unspecified atom stereocenters. The minimum absolute atomic E-state index is 1.60. The highest BCUT2D eigenvalue weighted by atomic mass is 35.5. The molecule has 0 heterocycles. The summed E-state index contributed by atoms with van der Waals surface area (Å²) in [5, 5.41) is -4.59. The van der Waals surface area contributed by atoms with Crippen LogP contribution in [0.4, 0.5) is 35.1 Å². The number of hydrogen-bond acceptors (Lipinski definition) is 3. The molecule has 1 N–H and O–H groups in total. The molecule has 0 spiro atoms. The Kier molecular flexibility index (Phi) is 4.79. The Balaban J connectivity index is 5.92. The minimum Gasteiger partial charge on any atom is -0.395 e. The number of alkyl halides is 9. The Hall–Kier alpha value is -0.360. The summed E-state index contributed by atoms with van der Waals surface area (Å²) in [6.07, 6.45) is 0. The van der Waals surface area contributed by atoms with Crippen molar-refractivity contribution in [3.63, 3.8) is 0 Å². The maximum absolute atomic E-state index is 12.9. The van der Waals surface area contributed by atoms with Crippen LogP contribution in [0.15, 0.2) is 0 Å². The number of sulfone groups is 1. The van der Waals surface area contributed by atoms with Gasteiger partial charge >= 0.3 is 22.5 Å². The summed E-state index contributed by atoms with van der Waals surface area (Å²) >= 11 is 3.60. The summed E-state index contributed by atoms with van der Waals surface area (Å²) in [6, 6.07) is 0. The van der Waals surface area contributed by atoms with Gasteiger partial charge in [0.15, 0.2) is 0 Å². The molecule has 0 rings (SSSR count). The second-order valence-electron chi connectivity index (χ2n) is 3.21. The van der Waals surface area contributed by atoms with Crippen LogP contribution in [0, 0.1) is 0 Å². The van der Waals surface area contributed by atoms with E-state index in [2.05, 4.69) is 11.6 Å². The molecule has 0 aliphatic heterocycles. The van der Waals surface area contributed by atoms with Crippen molar-refractivity contribution in [3.05, 3.63) is 0 Å². The van der Waals surface area contributed by atoms with Crippen LogP contribution in [-0.4, -0.2) is 48.4 Å². The molecule has 13 heteroatoms. The Bertz CT molecular complexity index is 428. The summed E-state index contributed by atoms with van der Waals surface area (Å²) < 4.78 is 122. The van der Waals surface area contributed by atoms with Gasteiger partial charge in [-0.2, -0.15) is 35.1 Å². The smallest absolute Gasteiger partial charge is 0.395 e. The molecule has 0 saturated heterocycles. The predicted molar refractivity (Wildman–Crippen MR) is 46.5 cm³/mol. The zero-order chi connectivity index (χ0) is 15.9. The average molecular weight is 345 g/mol. The van der Waals surface area contributed by atoms with Crippen molar-refractivity contribution < 1.29 is 48.6 Å². The first-order chi connectivity index (χ1) is 8.06. The van der Waals surface area contributed by atoms with Gasteiger partial charge in [0.1, 0.15) is 0 Å². The number of hydrogen-bond donors (Lipinski definition) is 1. The molecule has 0 aromatic carbocycles. The molecule has 0 radical (unpaired) electrons. The van der Waals surface area contributed by atoms with Crippen LogP contribution >= 0.6 is 11.6 Å². The lowest BCUT2D eigenvalue weighted by Crippen LogP contribution is -2.63.